The molecule has 1 saturated heterocycles. The maximum Gasteiger partial charge on any atom is 0.223 e. The van der Waals surface area contributed by atoms with Crippen molar-refractivity contribution < 1.29 is 14.3 Å². The molecule has 2 rings (SSSR count). The van der Waals surface area contributed by atoms with Gasteiger partial charge in [0.2, 0.25) is 5.91 Å². The summed E-state index contributed by atoms with van der Waals surface area (Å²) >= 11 is 1.42. The van der Waals surface area contributed by atoms with Gasteiger partial charge in [-0.2, -0.15) is 0 Å². The van der Waals surface area contributed by atoms with Gasteiger partial charge in [0.15, 0.2) is 5.78 Å². The number of amides is 1. The lowest BCUT2D eigenvalue weighted by Crippen LogP contribution is -2.40. The number of hydrogen-bond donors (Lipinski definition) is 0. The summed E-state index contributed by atoms with van der Waals surface area (Å²) < 4.78 is 5.18. The van der Waals surface area contributed by atoms with Crippen molar-refractivity contribution >= 4 is 23.0 Å². The number of carbonyl (C=O) groups excluding carboxylic acids is 2. The van der Waals surface area contributed by atoms with E-state index in [4.69, 9.17) is 4.74 Å². The predicted octanol–water partition coefficient (Wildman–Crippen LogP) is 1.57. The maximum atomic E-state index is 11.8. The number of thiophene rings is 1. The Morgan fingerprint density at radius 2 is 2.06 bits per heavy atom. The first-order valence-corrected chi connectivity index (χ1v) is 6.57. The van der Waals surface area contributed by atoms with Crippen LogP contribution in [0.4, 0.5) is 0 Å². The molecule has 1 aliphatic rings. The first-order valence-electron chi connectivity index (χ1n) is 5.69. The van der Waals surface area contributed by atoms with Gasteiger partial charge in [-0.15, -0.1) is 11.3 Å². The van der Waals surface area contributed by atoms with Crippen molar-refractivity contribution in [1.82, 2.24) is 4.90 Å². The molecule has 0 radical (unpaired) electrons. The third-order valence-electron chi connectivity index (χ3n) is 2.73. The molecule has 17 heavy (non-hydrogen) atoms. The molecule has 0 atom stereocenters. The first-order chi connectivity index (χ1) is 8.27. The molecule has 1 aromatic rings. The topological polar surface area (TPSA) is 46.6 Å². The number of nitrogens with zero attached hydrogens (tertiary/aromatic N) is 1. The lowest BCUT2D eigenvalue weighted by Gasteiger charge is -2.26. The van der Waals surface area contributed by atoms with E-state index in [0.717, 1.165) is 4.88 Å². The minimum Gasteiger partial charge on any atom is -0.378 e. The van der Waals surface area contributed by atoms with Crippen molar-refractivity contribution in [2.75, 3.05) is 26.3 Å². The van der Waals surface area contributed by atoms with Gasteiger partial charge in [0, 0.05) is 25.9 Å². The highest BCUT2D eigenvalue weighted by molar-refractivity contribution is 7.12. The predicted molar refractivity (Wildman–Crippen MR) is 65.3 cm³/mol. The molecular formula is C12H15NO3S. The second-order valence-corrected chi connectivity index (χ2v) is 4.84. The molecule has 92 valence electrons. The zero-order valence-corrected chi connectivity index (χ0v) is 10.4. The number of carbonyl (C=O) groups is 2. The number of Topliss-reactive ketones (excluding diaryl/α,β-unsaturated/α-hetero) is 1. The van der Waals surface area contributed by atoms with Crippen LogP contribution in [0.2, 0.25) is 0 Å². The van der Waals surface area contributed by atoms with Gasteiger partial charge in [-0.05, 0) is 11.4 Å². The van der Waals surface area contributed by atoms with Crippen LogP contribution in [0.25, 0.3) is 0 Å². The third kappa shape index (κ3) is 3.38. The highest BCUT2D eigenvalue weighted by atomic mass is 32.1. The van der Waals surface area contributed by atoms with E-state index < -0.39 is 0 Å². The van der Waals surface area contributed by atoms with E-state index in [0.29, 0.717) is 39.1 Å². The molecule has 0 aromatic carbocycles. The lowest BCUT2D eigenvalue weighted by molar-refractivity contribution is -0.135. The Hall–Kier alpha value is -1.20. The van der Waals surface area contributed by atoms with Gasteiger partial charge in [-0.3, -0.25) is 9.59 Å². The van der Waals surface area contributed by atoms with Crippen LogP contribution in [0, 0.1) is 0 Å². The molecule has 0 aliphatic carbocycles. The fourth-order valence-corrected chi connectivity index (χ4v) is 2.45. The average molecular weight is 253 g/mol. The quantitative estimate of drug-likeness (QED) is 0.765. The average Bonchev–Trinajstić information content (AvgIpc) is 2.90. The van der Waals surface area contributed by atoms with E-state index in [1.165, 1.54) is 11.3 Å². The van der Waals surface area contributed by atoms with Crippen LogP contribution in [-0.4, -0.2) is 42.9 Å². The summed E-state index contributed by atoms with van der Waals surface area (Å²) in [5.41, 5.74) is 0. The van der Waals surface area contributed by atoms with Gasteiger partial charge in [0.05, 0.1) is 18.1 Å². The lowest BCUT2D eigenvalue weighted by atomic mass is 10.2. The molecule has 0 N–H and O–H groups in total. The van der Waals surface area contributed by atoms with E-state index in [2.05, 4.69) is 0 Å². The number of morpholine rings is 1. The van der Waals surface area contributed by atoms with Crippen molar-refractivity contribution in [3.63, 3.8) is 0 Å². The molecule has 2 heterocycles. The van der Waals surface area contributed by atoms with Crippen LogP contribution >= 0.6 is 11.3 Å². The van der Waals surface area contributed by atoms with E-state index in [1.807, 2.05) is 11.4 Å². The summed E-state index contributed by atoms with van der Waals surface area (Å²) in [4.78, 5) is 26.0. The van der Waals surface area contributed by atoms with Crippen molar-refractivity contribution in [1.29, 1.82) is 0 Å². The molecule has 0 bridgehead atoms. The Labute approximate surface area is 104 Å². The highest BCUT2D eigenvalue weighted by Crippen LogP contribution is 2.13. The maximum absolute atomic E-state index is 11.8. The largest absolute Gasteiger partial charge is 0.378 e. The minimum absolute atomic E-state index is 0.0539. The summed E-state index contributed by atoms with van der Waals surface area (Å²) in [5, 5.41) is 1.87. The highest BCUT2D eigenvalue weighted by Gasteiger charge is 2.18. The summed E-state index contributed by atoms with van der Waals surface area (Å²) in [6.07, 6.45) is 0.605. The smallest absolute Gasteiger partial charge is 0.223 e. The monoisotopic (exact) mass is 253 g/mol. The van der Waals surface area contributed by atoms with Crippen LogP contribution in [0.15, 0.2) is 17.5 Å². The van der Waals surface area contributed by atoms with Gasteiger partial charge < -0.3 is 9.64 Å². The van der Waals surface area contributed by atoms with Crippen LogP contribution in [0.1, 0.15) is 22.5 Å². The zero-order valence-electron chi connectivity index (χ0n) is 9.55. The second kappa shape index (κ2) is 5.93. The van der Waals surface area contributed by atoms with Gasteiger partial charge in [0.25, 0.3) is 0 Å². The van der Waals surface area contributed by atoms with Gasteiger partial charge in [-0.1, -0.05) is 6.07 Å². The summed E-state index contributed by atoms with van der Waals surface area (Å²) in [7, 11) is 0. The fourth-order valence-electron chi connectivity index (χ4n) is 1.75. The fraction of sp³-hybridized carbons (Fsp3) is 0.500. The Kier molecular flexibility index (Phi) is 4.28. The standard InChI is InChI=1S/C12H15NO3S/c14-10(11-2-1-9-17-11)3-4-12(15)13-5-7-16-8-6-13/h1-2,9H,3-8H2. The molecule has 4 nitrogen and oxygen atoms in total. The molecule has 0 saturated carbocycles. The van der Waals surface area contributed by atoms with Crippen molar-refractivity contribution in [2.45, 2.75) is 12.8 Å². The second-order valence-electron chi connectivity index (χ2n) is 3.89. The van der Waals surface area contributed by atoms with Crippen LogP contribution in [-0.2, 0) is 9.53 Å². The summed E-state index contributed by atoms with van der Waals surface area (Å²) in [5.74, 6) is 0.111. The summed E-state index contributed by atoms with van der Waals surface area (Å²) in [6, 6.07) is 3.65. The van der Waals surface area contributed by atoms with Crippen LogP contribution in [0.3, 0.4) is 0 Å². The molecule has 1 aliphatic heterocycles. The Balaban J connectivity index is 1.77. The number of hydrogen-bond acceptors (Lipinski definition) is 4. The third-order valence-corrected chi connectivity index (χ3v) is 3.64. The van der Waals surface area contributed by atoms with Gasteiger partial charge >= 0.3 is 0 Å². The van der Waals surface area contributed by atoms with E-state index >= 15 is 0 Å². The molecule has 1 fully saturated rings. The van der Waals surface area contributed by atoms with E-state index in [9.17, 15) is 9.59 Å². The Morgan fingerprint density at radius 1 is 1.29 bits per heavy atom. The molecule has 0 unspecified atom stereocenters. The van der Waals surface area contributed by atoms with Crippen LogP contribution < -0.4 is 0 Å². The van der Waals surface area contributed by atoms with E-state index in [1.54, 1.807) is 11.0 Å². The first kappa shape index (κ1) is 12.3. The molecule has 1 aromatic heterocycles. The minimum atomic E-state index is 0.0539. The number of ketones is 1. The van der Waals surface area contributed by atoms with E-state index in [-0.39, 0.29) is 11.7 Å². The van der Waals surface area contributed by atoms with Gasteiger partial charge in [0.1, 0.15) is 0 Å². The Bertz CT molecular complexity index is 382. The van der Waals surface area contributed by atoms with Gasteiger partial charge in [-0.25, -0.2) is 0 Å². The van der Waals surface area contributed by atoms with Crippen LogP contribution in [0.5, 0.6) is 0 Å². The SMILES string of the molecule is O=C(CCC(=O)N1CCOCC1)c1cccs1. The number of rotatable bonds is 4. The molecule has 1 amide bonds. The Morgan fingerprint density at radius 3 is 2.71 bits per heavy atom. The number of ether oxygens (including phenoxy) is 1. The normalized spacial score (nSPS) is 15.9. The van der Waals surface area contributed by atoms with Crippen molar-refractivity contribution in [3.8, 4) is 0 Å². The molecular weight excluding hydrogens is 238 g/mol. The summed E-state index contributed by atoms with van der Waals surface area (Å²) in [6.45, 7) is 2.49. The zero-order chi connectivity index (χ0) is 12.1. The van der Waals surface area contributed by atoms with Crippen molar-refractivity contribution in [3.05, 3.63) is 22.4 Å². The molecule has 0 spiro atoms. The van der Waals surface area contributed by atoms with Crippen molar-refractivity contribution in [2.24, 2.45) is 0 Å². The molecule has 5 heteroatoms.